The summed E-state index contributed by atoms with van der Waals surface area (Å²) < 4.78 is 10.3. The molecule has 0 aliphatic rings. The SMILES string of the molecule is COc1cc(Cl)c(N(C)C)c(OC)c1. The van der Waals surface area contributed by atoms with Gasteiger partial charge in [0.1, 0.15) is 11.5 Å². The third-order valence-electron chi connectivity index (χ3n) is 1.90. The van der Waals surface area contributed by atoms with E-state index in [1.54, 1.807) is 26.4 Å². The molecule has 0 amide bonds. The van der Waals surface area contributed by atoms with Crippen molar-refractivity contribution in [3.63, 3.8) is 0 Å². The molecule has 0 aliphatic carbocycles. The van der Waals surface area contributed by atoms with Crippen molar-refractivity contribution in [2.45, 2.75) is 0 Å². The molecular weight excluding hydrogens is 202 g/mol. The summed E-state index contributed by atoms with van der Waals surface area (Å²) in [5, 5.41) is 0.617. The molecule has 0 unspecified atom stereocenters. The summed E-state index contributed by atoms with van der Waals surface area (Å²) in [6, 6.07) is 3.57. The van der Waals surface area contributed by atoms with Crippen LogP contribution in [0.1, 0.15) is 0 Å². The van der Waals surface area contributed by atoms with Crippen molar-refractivity contribution < 1.29 is 9.47 Å². The van der Waals surface area contributed by atoms with Gasteiger partial charge in [-0.25, -0.2) is 0 Å². The minimum Gasteiger partial charge on any atom is -0.497 e. The van der Waals surface area contributed by atoms with Gasteiger partial charge in [0.05, 0.1) is 24.9 Å². The Labute approximate surface area is 89.2 Å². The van der Waals surface area contributed by atoms with E-state index in [9.17, 15) is 0 Å². The average Bonchev–Trinajstić information content (AvgIpc) is 2.15. The minimum atomic E-state index is 0.617. The van der Waals surface area contributed by atoms with E-state index < -0.39 is 0 Å². The van der Waals surface area contributed by atoms with Crippen LogP contribution in [0.3, 0.4) is 0 Å². The lowest BCUT2D eigenvalue weighted by Gasteiger charge is -2.18. The minimum absolute atomic E-state index is 0.617. The highest BCUT2D eigenvalue weighted by Crippen LogP contribution is 2.38. The Balaban J connectivity index is 3.27. The van der Waals surface area contributed by atoms with Gasteiger partial charge in [0.15, 0.2) is 0 Å². The van der Waals surface area contributed by atoms with Crippen LogP contribution in [-0.2, 0) is 0 Å². The number of hydrogen-bond donors (Lipinski definition) is 0. The van der Waals surface area contributed by atoms with Gasteiger partial charge in [-0.05, 0) is 0 Å². The second-order valence-corrected chi connectivity index (χ2v) is 3.46. The topological polar surface area (TPSA) is 21.7 Å². The highest BCUT2D eigenvalue weighted by molar-refractivity contribution is 6.33. The van der Waals surface area contributed by atoms with E-state index in [4.69, 9.17) is 21.1 Å². The molecule has 1 aromatic carbocycles. The largest absolute Gasteiger partial charge is 0.497 e. The second-order valence-electron chi connectivity index (χ2n) is 3.05. The molecule has 0 heterocycles. The Kier molecular flexibility index (Phi) is 3.47. The van der Waals surface area contributed by atoms with E-state index in [1.807, 2.05) is 19.0 Å². The second kappa shape index (κ2) is 4.42. The van der Waals surface area contributed by atoms with Crippen molar-refractivity contribution in [1.29, 1.82) is 0 Å². The molecule has 1 rings (SSSR count). The number of anilines is 1. The molecule has 1 aromatic rings. The van der Waals surface area contributed by atoms with Crippen molar-refractivity contribution in [3.05, 3.63) is 17.2 Å². The normalized spacial score (nSPS) is 9.79. The Morgan fingerprint density at radius 2 is 1.79 bits per heavy atom. The maximum atomic E-state index is 6.09. The highest BCUT2D eigenvalue weighted by atomic mass is 35.5. The smallest absolute Gasteiger partial charge is 0.147 e. The van der Waals surface area contributed by atoms with Gasteiger partial charge in [0, 0.05) is 26.2 Å². The molecule has 78 valence electrons. The molecule has 0 atom stereocenters. The van der Waals surface area contributed by atoms with Gasteiger partial charge < -0.3 is 14.4 Å². The first kappa shape index (κ1) is 11.0. The van der Waals surface area contributed by atoms with E-state index in [2.05, 4.69) is 0 Å². The Bertz CT molecular complexity index is 326. The molecule has 0 aliphatic heterocycles. The zero-order valence-electron chi connectivity index (χ0n) is 8.80. The summed E-state index contributed by atoms with van der Waals surface area (Å²) in [4.78, 5) is 1.90. The number of ether oxygens (including phenoxy) is 2. The predicted octanol–water partition coefficient (Wildman–Crippen LogP) is 2.42. The third kappa shape index (κ3) is 2.04. The number of hydrogen-bond acceptors (Lipinski definition) is 3. The van der Waals surface area contributed by atoms with Crippen LogP contribution in [-0.4, -0.2) is 28.3 Å². The number of methoxy groups -OCH3 is 2. The van der Waals surface area contributed by atoms with Gasteiger partial charge in [0.2, 0.25) is 0 Å². The number of rotatable bonds is 3. The van der Waals surface area contributed by atoms with Crippen LogP contribution >= 0.6 is 11.6 Å². The predicted molar refractivity (Wildman–Crippen MR) is 58.9 cm³/mol. The van der Waals surface area contributed by atoms with Gasteiger partial charge in [-0.15, -0.1) is 0 Å². The Morgan fingerprint density at radius 1 is 1.14 bits per heavy atom. The van der Waals surface area contributed by atoms with Crippen LogP contribution in [0.15, 0.2) is 12.1 Å². The first-order chi connectivity index (χ1) is 6.60. The van der Waals surface area contributed by atoms with Crippen molar-refractivity contribution in [3.8, 4) is 11.5 Å². The van der Waals surface area contributed by atoms with Gasteiger partial charge in [-0.2, -0.15) is 0 Å². The summed E-state index contributed by atoms with van der Waals surface area (Å²) in [6.07, 6.45) is 0. The summed E-state index contributed by atoms with van der Waals surface area (Å²) in [6.45, 7) is 0. The zero-order chi connectivity index (χ0) is 10.7. The van der Waals surface area contributed by atoms with E-state index >= 15 is 0 Å². The Morgan fingerprint density at radius 3 is 2.21 bits per heavy atom. The number of benzene rings is 1. The lowest BCUT2D eigenvalue weighted by Crippen LogP contribution is -2.10. The zero-order valence-corrected chi connectivity index (χ0v) is 9.55. The first-order valence-corrected chi connectivity index (χ1v) is 4.56. The molecule has 0 saturated heterocycles. The fourth-order valence-corrected chi connectivity index (χ4v) is 1.63. The number of nitrogens with zero attached hydrogens (tertiary/aromatic N) is 1. The van der Waals surface area contributed by atoms with E-state index in [0.29, 0.717) is 16.5 Å². The molecule has 0 saturated carbocycles. The summed E-state index contributed by atoms with van der Waals surface area (Å²) >= 11 is 6.09. The van der Waals surface area contributed by atoms with Crippen LogP contribution in [0.2, 0.25) is 5.02 Å². The molecule has 14 heavy (non-hydrogen) atoms. The Hall–Kier alpha value is -1.09. The monoisotopic (exact) mass is 215 g/mol. The van der Waals surface area contributed by atoms with Crippen molar-refractivity contribution in [2.75, 3.05) is 33.2 Å². The molecule has 4 heteroatoms. The van der Waals surface area contributed by atoms with Crippen LogP contribution in [0.4, 0.5) is 5.69 Å². The maximum absolute atomic E-state index is 6.09. The molecule has 3 nitrogen and oxygen atoms in total. The molecule has 0 N–H and O–H groups in total. The maximum Gasteiger partial charge on any atom is 0.147 e. The van der Waals surface area contributed by atoms with Crippen molar-refractivity contribution in [2.24, 2.45) is 0 Å². The summed E-state index contributed by atoms with van der Waals surface area (Å²) in [5.74, 6) is 1.40. The fraction of sp³-hybridized carbons (Fsp3) is 0.400. The van der Waals surface area contributed by atoms with E-state index in [-0.39, 0.29) is 0 Å². The van der Waals surface area contributed by atoms with Crippen LogP contribution < -0.4 is 14.4 Å². The van der Waals surface area contributed by atoms with Gasteiger partial charge in [-0.3, -0.25) is 0 Å². The molecular formula is C10H14ClNO2. The van der Waals surface area contributed by atoms with Gasteiger partial charge in [-0.1, -0.05) is 11.6 Å². The molecule has 0 fully saturated rings. The molecule has 0 spiro atoms. The van der Waals surface area contributed by atoms with Crippen LogP contribution in [0, 0.1) is 0 Å². The fourth-order valence-electron chi connectivity index (χ4n) is 1.26. The summed E-state index contributed by atoms with van der Waals surface area (Å²) in [5.41, 5.74) is 0.856. The standard InChI is InChI=1S/C10H14ClNO2/c1-12(2)10-8(11)5-7(13-3)6-9(10)14-4/h5-6H,1-4H3. The third-order valence-corrected chi connectivity index (χ3v) is 2.19. The van der Waals surface area contributed by atoms with Crippen molar-refractivity contribution in [1.82, 2.24) is 0 Å². The van der Waals surface area contributed by atoms with Crippen molar-refractivity contribution >= 4 is 17.3 Å². The highest BCUT2D eigenvalue weighted by Gasteiger charge is 2.12. The van der Waals surface area contributed by atoms with Gasteiger partial charge in [0.25, 0.3) is 0 Å². The molecule has 0 radical (unpaired) electrons. The lowest BCUT2D eigenvalue weighted by molar-refractivity contribution is 0.395. The molecule has 0 bridgehead atoms. The quantitative estimate of drug-likeness (QED) is 0.773. The first-order valence-electron chi connectivity index (χ1n) is 4.19. The van der Waals surface area contributed by atoms with Crippen LogP contribution in [0.5, 0.6) is 11.5 Å². The van der Waals surface area contributed by atoms with E-state index in [1.165, 1.54) is 0 Å². The van der Waals surface area contributed by atoms with Crippen LogP contribution in [0.25, 0.3) is 0 Å². The lowest BCUT2D eigenvalue weighted by atomic mass is 10.2. The van der Waals surface area contributed by atoms with Gasteiger partial charge >= 0.3 is 0 Å². The van der Waals surface area contributed by atoms with E-state index in [0.717, 1.165) is 5.69 Å². The summed E-state index contributed by atoms with van der Waals surface area (Å²) in [7, 11) is 7.03. The number of halogens is 1. The molecule has 0 aromatic heterocycles. The average molecular weight is 216 g/mol.